The molecule has 0 bridgehead atoms. The van der Waals surface area contributed by atoms with Crippen LogP contribution in [0.3, 0.4) is 0 Å². The Hall–Kier alpha value is -1.29. The van der Waals surface area contributed by atoms with Gasteiger partial charge in [-0.3, -0.25) is 0 Å². The zero-order valence-electron chi connectivity index (χ0n) is 6.96. The smallest absolute Gasteiger partial charge is 0.345 e. The third kappa shape index (κ3) is 1.32. The molecule has 1 aliphatic rings. The van der Waals surface area contributed by atoms with Crippen LogP contribution in [0, 0.1) is 5.82 Å². The average Bonchev–Trinajstić information content (AvgIpc) is 2.56. The summed E-state index contributed by atoms with van der Waals surface area (Å²) in [7, 11) is 0. The van der Waals surface area contributed by atoms with Crippen LogP contribution < -0.4 is 4.74 Å². The number of hydrogen-bond acceptors (Lipinski definition) is 2. The molecule has 0 aromatic heterocycles. The van der Waals surface area contributed by atoms with Gasteiger partial charge in [-0.15, -0.1) is 0 Å². The number of carboxylic acids is 1. The third-order valence-corrected chi connectivity index (χ3v) is 2.38. The standard InChI is InChI=1S/C9H6ClFO3/c10-5-1-2-6-4(8(5)11)3-7(14-6)9(12)13/h1-2,7H,3H2,(H,12,13). The van der Waals surface area contributed by atoms with E-state index in [1.54, 1.807) is 0 Å². The molecule has 0 fully saturated rings. The molecule has 14 heavy (non-hydrogen) atoms. The Morgan fingerprint density at radius 2 is 2.36 bits per heavy atom. The molecular formula is C9H6ClFO3. The summed E-state index contributed by atoms with van der Waals surface area (Å²) in [6.45, 7) is 0. The van der Waals surface area contributed by atoms with Gasteiger partial charge in [0.15, 0.2) is 6.10 Å². The number of hydrogen-bond donors (Lipinski definition) is 1. The summed E-state index contributed by atoms with van der Waals surface area (Å²) in [5.74, 6) is -1.43. The molecule has 0 saturated carbocycles. The van der Waals surface area contributed by atoms with Gasteiger partial charge in [0.2, 0.25) is 0 Å². The highest BCUT2D eigenvalue weighted by molar-refractivity contribution is 6.30. The van der Waals surface area contributed by atoms with Gasteiger partial charge in [-0.2, -0.15) is 0 Å². The molecule has 1 aromatic carbocycles. The number of fused-ring (bicyclic) bond motifs is 1. The number of aliphatic carboxylic acids is 1. The van der Waals surface area contributed by atoms with Gasteiger partial charge >= 0.3 is 5.97 Å². The van der Waals surface area contributed by atoms with Crippen LogP contribution in [-0.2, 0) is 11.2 Å². The van der Waals surface area contributed by atoms with Gasteiger partial charge in [0.05, 0.1) is 5.02 Å². The van der Waals surface area contributed by atoms with Crippen LogP contribution in [0.5, 0.6) is 5.75 Å². The van der Waals surface area contributed by atoms with Crippen molar-refractivity contribution < 1.29 is 19.0 Å². The van der Waals surface area contributed by atoms with E-state index in [2.05, 4.69) is 0 Å². The van der Waals surface area contributed by atoms with Gasteiger partial charge in [0.1, 0.15) is 11.6 Å². The maximum Gasteiger partial charge on any atom is 0.345 e. The van der Waals surface area contributed by atoms with Crippen LogP contribution in [0.25, 0.3) is 0 Å². The first-order valence-corrected chi connectivity index (χ1v) is 4.33. The minimum atomic E-state index is -1.10. The molecule has 0 spiro atoms. The Morgan fingerprint density at radius 1 is 1.64 bits per heavy atom. The molecule has 1 aromatic rings. The van der Waals surface area contributed by atoms with Crippen molar-refractivity contribution in [3.8, 4) is 5.75 Å². The highest BCUT2D eigenvalue weighted by atomic mass is 35.5. The maximum atomic E-state index is 13.3. The zero-order valence-corrected chi connectivity index (χ0v) is 7.71. The Balaban J connectivity index is 2.40. The molecule has 3 nitrogen and oxygen atoms in total. The van der Waals surface area contributed by atoms with E-state index in [4.69, 9.17) is 21.4 Å². The molecular weight excluding hydrogens is 211 g/mol. The van der Waals surface area contributed by atoms with E-state index in [0.717, 1.165) is 0 Å². The van der Waals surface area contributed by atoms with E-state index >= 15 is 0 Å². The van der Waals surface area contributed by atoms with Crippen LogP contribution in [0.15, 0.2) is 12.1 Å². The predicted octanol–water partition coefficient (Wildman–Crippen LogP) is 1.87. The van der Waals surface area contributed by atoms with Crippen molar-refractivity contribution >= 4 is 17.6 Å². The summed E-state index contributed by atoms with van der Waals surface area (Å²) < 4.78 is 18.3. The van der Waals surface area contributed by atoms with Gasteiger partial charge in [-0.05, 0) is 12.1 Å². The van der Waals surface area contributed by atoms with E-state index in [1.165, 1.54) is 12.1 Å². The van der Waals surface area contributed by atoms with E-state index in [1.807, 2.05) is 0 Å². The second kappa shape index (κ2) is 3.13. The summed E-state index contributed by atoms with van der Waals surface area (Å²) in [5, 5.41) is 8.65. The Kier molecular flexibility index (Phi) is 2.07. The molecule has 5 heteroatoms. The van der Waals surface area contributed by atoms with Crippen LogP contribution in [0.1, 0.15) is 5.56 Å². The van der Waals surface area contributed by atoms with Gasteiger partial charge in [-0.25, -0.2) is 9.18 Å². The van der Waals surface area contributed by atoms with E-state index in [0.29, 0.717) is 0 Å². The van der Waals surface area contributed by atoms with Crippen molar-refractivity contribution in [2.45, 2.75) is 12.5 Å². The number of rotatable bonds is 1. The summed E-state index contributed by atoms with van der Waals surface area (Å²) in [6.07, 6.45) is -0.977. The quantitative estimate of drug-likeness (QED) is 0.780. The van der Waals surface area contributed by atoms with Crippen LogP contribution >= 0.6 is 11.6 Å². The molecule has 0 saturated heterocycles. The van der Waals surface area contributed by atoms with Crippen molar-refractivity contribution in [2.24, 2.45) is 0 Å². The first kappa shape index (κ1) is 9.27. The molecule has 1 unspecified atom stereocenters. The topological polar surface area (TPSA) is 46.5 Å². The van der Waals surface area contributed by atoms with E-state index in [-0.39, 0.29) is 22.8 Å². The number of ether oxygens (including phenoxy) is 1. The molecule has 1 aliphatic heterocycles. The number of halogens is 2. The first-order chi connectivity index (χ1) is 6.59. The zero-order chi connectivity index (χ0) is 10.3. The number of carbonyl (C=O) groups is 1. The van der Waals surface area contributed by atoms with E-state index < -0.39 is 17.9 Å². The SMILES string of the molecule is O=C(O)C1Cc2c(ccc(Cl)c2F)O1. The lowest BCUT2D eigenvalue weighted by Gasteiger charge is -2.03. The Morgan fingerprint density at radius 3 is 3.00 bits per heavy atom. The fraction of sp³-hybridized carbons (Fsp3) is 0.222. The van der Waals surface area contributed by atoms with Crippen molar-refractivity contribution in [1.82, 2.24) is 0 Å². The highest BCUT2D eigenvalue weighted by Gasteiger charge is 2.31. The summed E-state index contributed by atoms with van der Waals surface area (Å²) in [5.41, 5.74) is 0.241. The van der Waals surface area contributed by atoms with Crippen LogP contribution in [0.2, 0.25) is 5.02 Å². The fourth-order valence-corrected chi connectivity index (χ4v) is 1.57. The molecule has 0 amide bonds. The second-order valence-corrected chi connectivity index (χ2v) is 3.39. The van der Waals surface area contributed by atoms with Gasteiger partial charge in [0, 0.05) is 12.0 Å². The van der Waals surface area contributed by atoms with Crippen LogP contribution in [0.4, 0.5) is 4.39 Å². The first-order valence-electron chi connectivity index (χ1n) is 3.96. The summed E-state index contributed by atoms with van der Waals surface area (Å²) >= 11 is 5.54. The predicted molar refractivity (Wildman–Crippen MR) is 47.2 cm³/mol. The van der Waals surface area contributed by atoms with E-state index in [9.17, 15) is 9.18 Å². The fourth-order valence-electron chi connectivity index (χ4n) is 1.39. The largest absolute Gasteiger partial charge is 0.478 e. The van der Waals surface area contributed by atoms with Crippen molar-refractivity contribution in [3.05, 3.63) is 28.5 Å². The normalized spacial score (nSPS) is 18.9. The molecule has 1 N–H and O–H groups in total. The Bertz CT molecular complexity index is 405. The van der Waals surface area contributed by atoms with Gasteiger partial charge < -0.3 is 9.84 Å². The van der Waals surface area contributed by atoms with Gasteiger partial charge in [-0.1, -0.05) is 11.6 Å². The maximum absolute atomic E-state index is 13.3. The number of benzene rings is 1. The summed E-state index contributed by atoms with van der Waals surface area (Å²) in [4.78, 5) is 10.6. The van der Waals surface area contributed by atoms with Crippen molar-refractivity contribution in [2.75, 3.05) is 0 Å². The molecule has 0 radical (unpaired) electrons. The molecule has 0 aliphatic carbocycles. The van der Waals surface area contributed by atoms with Crippen molar-refractivity contribution in [1.29, 1.82) is 0 Å². The lowest BCUT2D eigenvalue weighted by atomic mass is 10.1. The van der Waals surface area contributed by atoms with Gasteiger partial charge in [0.25, 0.3) is 0 Å². The molecule has 1 heterocycles. The lowest BCUT2D eigenvalue weighted by molar-refractivity contribution is -0.144. The monoisotopic (exact) mass is 216 g/mol. The highest BCUT2D eigenvalue weighted by Crippen LogP contribution is 2.34. The summed E-state index contributed by atoms with van der Waals surface area (Å²) in [6, 6.07) is 2.82. The Labute approximate surface area is 84.1 Å². The molecule has 74 valence electrons. The third-order valence-electron chi connectivity index (χ3n) is 2.09. The van der Waals surface area contributed by atoms with Crippen molar-refractivity contribution in [3.63, 3.8) is 0 Å². The molecule has 2 rings (SSSR count). The van der Waals surface area contributed by atoms with Crippen LogP contribution in [-0.4, -0.2) is 17.2 Å². The number of carboxylic acid groups (broad SMARTS) is 1. The molecule has 1 atom stereocenters. The minimum absolute atomic E-state index is 0.0154. The second-order valence-electron chi connectivity index (χ2n) is 2.99. The minimum Gasteiger partial charge on any atom is -0.478 e. The lowest BCUT2D eigenvalue weighted by Crippen LogP contribution is -2.24. The average molecular weight is 217 g/mol.